The van der Waals surface area contributed by atoms with Crippen molar-refractivity contribution < 1.29 is 19.4 Å². The number of fused-ring (bicyclic) bond motifs is 1. The van der Waals surface area contributed by atoms with Gasteiger partial charge in [0.25, 0.3) is 0 Å². The Bertz CT molecular complexity index is 777. The molecule has 1 aromatic carbocycles. The van der Waals surface area contributed by atoms with Gasteiger partial charge < -0.3 is 20.1 Å². The molecule has 1 saturated heterocycles. The molecule has 1 unspecified atom stereocenters. The van der Waals surface area contributed by atoms with Crippen LogP contribution in [0.2, 0.25) is 0 Å². The molecule has 1 amide bonds. The van der Waals surface area contributed by atoms with Crippen molar-refractivity contribution in [3.05, 3.63) is 35.5 Å². The monoisotopic (exact) mass is 358 g/mol. The predicted molar refractivity (Wildman–Crippen MR) is 99.0 cm³/mol. The number of aliphatic carboxylic acids is 1. The Morgan fingerprint density at radius 1 is 1.35 bits per heavy atom. The van der Waals surface area contributed by atoms with Gasteiger partial charge in [-0.2, -0.15) is 0 Å². The molecule has 1 aliphatic heterocycles. The Morgan fingerprint density at radius 3 is 2.85 bits per heavy atom. The zero-order valence-corrected chi connectivity index (χ0v) is 15.1. The minimum atomic E-state index is -0.843. The van der Waals surface area contributed by atoms with E-state index in [0.717, 1.165) is 29.3 Å². The number of nitrogens with one attached hydrogen (secondary N) is 2. The van der Waals surface area contributed by atoms with Crippen LogP contribution in [0.5, 0.6) is 0 Å². The van der Waals surface area contributed by atoms with Crippen molar-refractivity contribution in [2.45, 2.75) is 32.6 Å². The van der Waals surface area contributed by atoms with E-state index in [1.165, 1.54) is 5.56 Å². The molecule has 2 aromatic rings. The average Bonchev–Trinajstić information content (AvgIpc) is 3.03. The number of carbonyl (C=O) groups excluding carboxylic acids is 1. The zero-order valence-electron chi connectivity index (χ0n) is 15.1. The fraction of sp³-hybridized carbons (Fsp3) is 0.500. The molecule has 0 bridgehead atoms. The molecule has 140 valence electrons. The molecule has 2 heterocycles. The van der Waals surface area contributed by atoms with Gasteiger partial charge in [-0.3, -0.25) is 9.59 Å². The number of amides is 1. The summed E-state index contributed by atoms with van der Waals surface area (Å²) < 4.78 is 5.30. The Kier molecular flexibility index (Phi) is 5.93. The van der Waals surface area contributed by atoms with E-state index in [-0.39, 0.29) is 18.4 Å². The SMILES string of the molecule is Cc1ccc2[nH]cc(CCC(=O)NCC(C(=O)O)C3CCOCC3)c2c1. The van der Waals surface area contributed by atoms with Crippen LogP contribution in [0, 0.1) is 18.8 Å². The second-order valence-electron chi connectivity index (χ2n) is 7.06. The molecule has 0 saturated carbocycles. The van der Waals surface area contributed by atoms with Crippen LogP contribution >= 0.6 is 0 Å². The van der Waals surface area contributed by atoms with E-state index >= 15 is 0 Å². The number of benzene rings is 1. The maximum Gasteiger partial charge on any atom is 0.308 e. The van der Waals surface area contributed by atoms with E-state index in [1.54, 1.807) is 0 Å². The Hall–Kier alpha value is -2.34. The van der Waals surface area contributed by atoms with Crippen molar-refractivity contribution in [1.82, 2.24) is 10.3 Å². The number of rotatable bonds is 7. The van der Waals surface area contributed by atoms with E-state index in [9.17, 15) is 14.7 Å². The normalized spacial score (nSPS) is 16.5. The van der Waals surface area contributed by atoms with Gasteiger partial charge in [-0.05, 0) is 49.8 Å². The van der Waals surface area contributed by atoms with Crippen molar-refractivity contribution in [3.63, 3.8) is 0 Å². The summed E-state index contributed by atoms with van der Waals surface area (Å²) in [6.07, 6.45) is 4.40. The average molecular weight is 358 g/mol. The van der Waals surface area contributed by atoms with E-state index in [1.807, 2.05) is 19.2 Å². The van der Waals surface area contributed by atoms with Gasteiger partial charge in [-0.15, -0.1) is 0 Å². The molecule has 26 heavy (non-hydrogen) atoms. The van der Waals surface area contributed by atoms with Gasteiger partial charge in [0.1, 0.15) is 0 Å². The van der Waals surface area contributed by atoms with Crippen LogP contribution in [-0.4, -0.2) is 41.7 Å². The Labute approximate surface area is 152 Å². The van der Waals surface area contributed by atoms with Crippen LogP contribution in [-0.2, 0) is 20.7 Å². The molecule has 0 aliphatic carbocycles. The first-order valence-corrected chi connectivity index (χ1v) is 9.18. The van der Waals surface area contributed by atoms with Crippen LogP contribution in [0.4, 0.5) is 0 Å². The number of aromatic amines is 1. The summed E-state index contributed by atoms with van der Waals surface area (Å²) in [5.41, 5.74) is 3.36. The highest BCUT2D eigenvalue weighted by Gasteiger charge is 2.29. The third kappa shape index (κ3) is 4.43. The molecule has 6 nitrogen and oxygen atoms in total. The first-order valence-electron chi connectivity index (χ1n) is 9.18. The second kappa shape index (κ2) is 8.36. The minimum Gasteiger partial charge on any atom is -0.481 e. The standard InChI is InChI=1S/C20H26N2O4/c1-13-2-4-18-16(10-13)15(11-21-18)3-5-19(23)22-12-17(20(24)25)14-6-8-26-9-7-14/h2,4,10-11,14,17,21H,3,5-9,12H2,1H3,(H,22,23)(H,24,25). The summed E-state index contributed by atoms with van der Waals surface area (Å²) >= 11 is 0. The highest BCUT2D eigenvalue weighted by molar-refractivity contribution is 5.85. The van der Waals surface area contributed by atoms with Crippen LogP contribution in [0.3, 0.4) is 0 Å². The van der Waals surface area contributed by atoms with Gasteiger partial charge >= 0.3 is 5.97 Å². The Balaban J connectivity index is 1.52. The topological polar surface area (TPSA) is 91.4 Å². The lowest BCUT2D eigenvalue weighted by atomic mass is 9.86. The molecule has 1 aliphatic rings. The lowest BCUT2D eigenvalue weighted by Crippen LogP contribution is -2.39. The molecule has 1 fully saturated rings. The zero-order chi connectivity index (χ0) is 18.5. The number of aryl methyl sites for hydroxylation is 2. The highest BCUT2D eigenvalue weighted by Crippen LogP contribution is 2.24. The number of hydrogen-bond acceptors (Lipinski definition) is 3. The number of carbonyl (C=O) groups is 2. The fourth-order valence-corrected chi connectivity index (χ4v) is 3.63. The maximum absolute atomic E-state index is 12.2. The predicted octanol–water partition coefficient (Wildman–Crippen LogP) is 2.65. The summed E-state index contributed by atoms with van der Waals surface area (Å²) in [6, 6.07) is 6.21. The quantitative estimate of drug-likeness (QED) is 0.710. The molecule has 1 atom stereocenters. The van der Waals surface area contributed by atoms with Gasteiger partial charge in [0.2, 0.25) is 5.91 Å². The summed E-state index contributed by atoms with van der Waals surface area (Å²) in [7, 11) is 0. The smallest absolute Gasteiger partial charge is 0.308 e. The number of ether oxygens (including phenoxy) is 1. The number of H-pyrrole nitrogens is 1. The molecule has 0 radical (unpaired) electrons. The molecule has 3 rings (SSSR count). The number of aromatic nitrogens is 1. The molecule has 0 spiro atoms. The van der Waals surface area contributed by atoms with Crippen molar-refractivity contribution in [1.29, 1.82) is 0 Å². The third-order valence-corrected chi connectivity index (χ3v) is 5.22. The van der Waals surface area contributed by atoms with Crippen LogP contribution < -0.4 is 5.32 Å². The minimum absolute atomic E-state index is 0.0677. The number of carboxylic acid groups (broad SMARTS) is 1. The van der Waals surface area contributed by atoms with Gasteiger partial charge in [0.15, 0.2) is 0 Å². The van der Waals surface area contributed by atoms with Crippen molar-refractivity contribution in [2.75, 3.05) is 19.8 Å². The van der Waals surface area contributed by atoms with Gasteiger partial charge in [0, 0.05) is 43.3 Å². The molecular formula is C20H26N2O4. The molecule has 3 N–H and O–H groups in total. The first-order chi connectivity index (χ1) is 12.5. The first kappa shape index (κ1) is 18.5. The summed E-state index contributed by atoms with van der Waals surface area (Å²) in [5.74, 6) is -1.42. The van der Waals surface area contributed by atoms with Crippen LogP contribution in [0.25, 0.3) is 10.9 Å². The fourth-order valence-electron chi connectivity index (χ4n) is 3.63. The second-order valence-corrected chi connectivity index (χ2v) is 7.06. The van der Waals surface area contributed by atoms with Crippen LogP contribution in [0.1, 0.15) is 30.4 Å². The molecule has 1 aromatic heterocycles. The lowest BCUT2D eigenvalue weighted by molar-refractivity contribution is -0.144. The molecule has 6 heteroatoms. The van der Waals surface area contributed by atoms with Gasteiger partial charge in [-0.25, -0.2) is 0 Å². The number of carboxylic acids is 1. The van der Waals surface area contributed by atoms with Crippen molar-refractivity contribution in [3.8, 4) is 0 Å². The summed E-state index contributed by atoms with van der Waals surface area (Å²) in [6.45, 7) is 3.43. The maximum atomic E-state index is 12.2. The van der Waals surface area contributed by atoms with Gasteiger partial charge in [0.05, 0.1) is 5.92 Å². The van der Waals surface area contributed by atoms with E-state index in [0.29, 0.717) is 26.1 Å². The highest BCUT2D eigenvalue weighted by atomic mass is 16.5. The van der Waals surface area contributed by atoms with Crippen LogP contribution in [0.15, 0.2) is 24.4 Å². The van der Waals surface area contributed by atoms with E-state index in [2.05, 4.69) is 22.4 Å². The van der Waals surface area contributed by atoms with Crippen molar-refractivity contribution in [2.24, 2.45) is 11.8 Å². The number of hydrogen-bond donors (Lipinski definition) is 3. The molecular weight excluding hydrogens is 332 g/mol. The van der Waals surface area contributed by atoms with Gasteiger partial charge in [-0.1, -0.05) is 11.6 Å². The third-order valence-electron chi connectivity index (χ3n) is 5.22. The van der Waals surface area contributed by atoms with E-state index in [4.69, 9.17) is 4.74 Å². The largest absolute Gasteiger partial charge is 0.481 e. The lowest BCUT2D eigenvalue weighted by Gasteiger charge is -2.27. The Morgan fingerprint density at radius 2 is 2.12 bits per heavy atom. The summed E-state index contributed by atoms with van der Waals surface area (Å²) in [4.78, 5) is 27.0. The van der Waals surface area contributed by atoms with Crippen molar-refractivity contribution >= 4 is 22.8 Å². The van der Waals surface area contributed by atoms with E-state index < -0.39 is 11.9 Å². The summed E-state index contributed by atoms with van der Waals surface area (Å²) in [5, 5.41) is 13.4.